The van der Waals surface area contributed by atoms with Gasteiger partial charge < -0.3 is 10.4 Å². The van der Waals surface area contributed by atoms with E-state index in [0.717, 1.165) is 36.9 Å². The molecule has 1 saturated heterocycles. The zero-order chi connectivity index (χ0) is 19.6. The maximum atomic E-state index is 13.3. The molecule has 1 heterocycles. The third-order valence-electron chi connectivity index (χ3n) is 5.92. The van der Waals surface area contributed by atoms with E-state index >= 15 is 0 Å². The second kappa shape index (κ2) is 7.75. The van der Waals surface area contributed by atoms with Gasteiger partial charge in [-0.1, -0.05) is 42.5 Å². The molecule has 2 atom stereocenters. The van der Waals surface area contributed by atoms with E-state index in [4.69, 9.17) is 0 Å². The molecule has 1 aliphatic carbocycles. The highest BCUT2D eigenvalue weighted by Gasteiger charge is 2.51. The maximum absolute atomic E-state index is 13.3. The number of carbonyl (C=O) groups excluding carboxylic acids is 1. The minimum absolute atomic E-state index is 0.0242. The normalized spacial score (nSPS) is 21.6. The summed E-state index contributed by atoms with van der Waals surface area (Å²) in [6.45, 7) is 2.17. The standard InChI is InChI=1S/C23H25N3O2/c24-14-17-5-4-8-19(13-17)23(10-11-23)22(28)25-21(18-6-2-1-3-7-18)16-26-12-9-20(27)15-26/h1-8,13,20-21,27H,9-12,15-16H2,(H,25,28)/t20-,21+/m0/s1. The summed E-state index contributed by atoms with van der Waals surface area (Å²) in [4.78, 5) is 15.5. The first-order valence-corrected chi connectivity index (χ1v) is 9.88. The molecule has 0 radical (unpaired) electrons. The molecule has 2 N–H and O–H groups in total. The third kappa shape index (κ3) is 3.80. The predicted octanol–water partition coefficient (Wildman–Crippen LogP) is 2.51. The number of carbonyl (C=O) groups is 1. The number of hydrogen-bond acceptors (Lipinski definition) is 4. The third-order valence-corrected chi connectivity index (χ3v) is 5.92. The van der Waals surface area contributed by atoms with Crippen molar-refractivity contribution in [3.63, 3.8) is 0 Å². The fraction of sp³-hybridized carbons (Fsp3) is 0.391. The monoisotopic (exact) mass is 375 g/mol. The number of hydrogen-bond donors (Lipinski definition) is 2. The van der Waals surface area contributed by atoms with Crippen LogP contribution < -0.4 is 5.32 Å². The van der Waals surface area contributed by atoms with Gasteiger partial charge in [0.1, 0.15) is 0 Å². The van der Waals surface area contributed by atoms with Gasteiger partial charge in [0, 0.05) is 19.6 Å². The van der Waals surface area contributed by atoms with E-state index in [1.54, 1.807) is 6.07 Å². The molecule has 1 amide bonds. The summed E-state index contributed by atoms with van der Waals surface area (Å²) in [5, 5.41) is 22.3. The van der Waals surface area contributed by atoms with E-state index < -0.39 is 5.41 Å². The van der Waals surface area contributed by atoms with Crippen LogP contribution in [-0.4, -0.2) is 41.7 Å². The van der Waals surface area contributed by atoms with E-state index in [0.29, 0.717) is 18.7 Å². The van der Waals surface area contributed by atoms with Gasteiger partial charge >= 0.3 is 0 Å². The Morgan fingerprint density at radius 2 is 2.04 bits per heavy atom. The summed E-state index contributed by atoms with van der Waals surface area (Å²) in [6.07, 6.45) is 2.10. The van der Waals surface area contributed by atoms with Crippen molar-refractivity contribution in [1.82, 2.24) is 10.2 Å². The topological polar surface area (TPSA) is 76.4 Å². The van der Waals surface area contributed by atoms with Crippen LogP contribution >= 0.6 is 0 Å². The van der Waals surface area contributed by atoms with Crippen molar-refractivity contribution in [2.24, 2.45) is 0 Å². The molecule has 144 valence electrons. The van der Waals surface area contributed by atoms with Crippen LogP contribution in [0, 0.1) is 11.3 Å². The van der Waals surface area contributed by atoms with Gasteiger partial charge in [-0.05, 0) is 42.5 Å². The number of nitrogens with one attached hydrogen (secondary N) is 1. The largest absolute Gasteiger partial charge is 0.392 e. The van der Waals surface area contributed by atoms with Crippen LogP contribution in [0.15, 0.2) is 54.6 Å². The van der Waals surface area contributed by atoms with Gasteiger partial charge in [0.25, 0.3) is 0 Å². The van der Waals surface area contributed by atoms with Crippen LogP contribution in [0.5, 0.6) is 0 Å². The van der Waals surface area contributed by atoms with Crippen molar-refractivity contribution in [2.75, 3.05) is 19.6 Å². The lowest BCUT2D eigenvalue weighted by molar-refractivity contribution is -0.124. The van der Waals surface area contributed by atoms with Crippen molar-refractivity contribution < 1.29 is 9.90 Å². The number of nitrogens with zero attached hydrogens (tertiary/aromatic N) is 2. The summed E-state index contributed by atoms with van der Waals surface area (Å²) in [5.41, 5.74) is 2.05. The first-order valence-electron chi connectivity index (χ1n) is 9.88. The fourth-order valence-corrected chi connectivity index (χ4v) is 4.11. The van der Waals surface area contributed by atoms with Crippen molar-refractivity contribution in [2.45, 2.75) is 36.8 Å². The summed E-state index contributed by atoms with van der Waals surface area (Å²) in [5.74, 6) is 0.0242. The van der Waals surface area contributed by atoms with Crippen LogP contribution in [0.1, 0.15) is 42.0 Å². The van der Waals surface area contributed by atoms with Crippen molar-refractivity contribution in [1.29, 1.82) is 5.26 Å². The molecule has 0 aromatic heterocycles. The van der Waals surface area contributed by atoms with E-state index in [-0.39, 0.29) is 18.1 Å². The Kier molecular flexibility index (Phi) is 5.17. The highest BCUT2D eigenvalue weighted by atomic mass is 16.3. The van der Waals surface area contributed by atoms with Gasteiger partial charge in [-0.25, -0.2) is 0 Å². The molecule has 4 rings (SSSR count). The van der Waals surface area contributed by atoms with Gasteiger partial charge in [-0.3, -0.25) is 9.69 Å². The molecule has 5 nitrogen and oxygen atoms in total. The molecule has 0 bridgehead atoms. The molecule has 2 aromatic carbocycles. The minimum atomic E-state index is -0.523. The first-order chi connectivity index (χ1) is 13.6. The molecular weight excluding hydrogens is 350 g/mol. The summed E-state index contributed by atoms with van der Waals surface area (Å²) < 4.78 is 0. The van der Waals surface area contributed by atoms with E-state index in [2.05, 4.69) is 16.3 Å². The number of nitriles is 1. The van der Waals surface area contributed by atoms with Gasteiger partial charge in [-0.2, -0.15) is 5.26 Å². The number of aliphatic hydroxyl groups is 1. The summed E-state index contributed by atoms with van der Waals surface area (Å²) in [7, 11) is 0. The fourth-order valence-electron chi connectivity index (χ4n) is 4.11. The van der Waals surface area contributed by atoms with Crippen LogP contribution in [-0.2, 0) is 10.2 Å². The van der Waals surface area contributed by atoms with Crippen LogP contribution in [0.3, 0.4) is 0 Å². The summed E-state index contributed by atoms with van der Waals surface area (Å²) in [6, 6.07) is 19.4. The van der Waals surface area contributed by atoms with Crippen LogP contribution in [0.4, 0.5) is 0 Å². The molecule has 2 fully saturated rings. The second-order valence-corrected chi connectivity index (χ2v) is 7.91. The zero-order valence-corrected chi connectivity index (χ0v) is 15.8. The highest BCUT2D eigenvalue weighted by molar-refractivity contribution is 5.91. The molecular formula is C23H25N3O2. The Balaban J connectivity index is 1.54. The lowest BCUT2D eigenvalue weighted by atomic mass is 9.92. The van der Waals surface area contributed by atoms with Gasteiger partial charge in [0.15, 0.2) is 0 Å². The quantitative estimate of drug-likeness (QED) is 0.813. The lowest BCUT2D eigenvalue weighted by Gasteiger charge is -2.27. The van der Waals surface area contributed by atoms with Crippen molar-refractivity contribution >= 4 is 5.91 Å². The van der Waals surface area contributed by atoms with Crippen LogP contribution in [0.2, 0.25) is 0 Å². The van der Waals surface area contributed by atoms with Crippen LogP contribution in [0.25, 0.3) is 0 Å². The van der Waals surface area contributed by atoms with Crippen molar-refractivity contribution in [3.05, 3.63) is 71.3 Å². The molecule has 0 unspecified atom stereocenters. The SMILES string of the molecule is N#Cc1cccc(C2(C(=O)N[C@H](CN3CC[C@H](O)C3)c3ccccc3)CC2)c1. The first kappa shape index (κ1) is 18.7. The highest BCUT2D eigenvalue weighted by Crippen LogP contribution is 2.49. The zero-order valence-electron chi connectivity index (χ0n) is 15.8. The number of aliphatic hydroxyl groups excluding tert-OH is 1. The number of likely N-dealkylation sites (tertiary alicyclic amines) is 1. The number of benzene rings is 2. The average Bonchev–Trinajstić information content (AvgIpc) is 3.45. The van der Waals surface area contributed by atoms with Gasteiger partial charge in [0.2, 0.25) is 5.91 Å². The Bertz CT molecular complexity index is 886. The molecule has 28 heavy (non-hydrogen) atoms. The lowest BCUT2D eigenvalue weighted by Crippen LogP contribution is -2.42. The Morgan fingerprint density at radius 1 is 1.25 bits per heavy atom. The van der Waals surface area contributed by atoms with E-state index in [9.17, 15) is 15.2 Å². The van der Waals surface area contributed by atoms with Gasteiger partial charge in [0.05, 0.1) is 29.2 Å². The van der Waals surface area contributed by atoms with Gasteiger partial charge in [-0.15, -0.1) is 0 Å². The minimum Gasteiger partial charge on any atom is -0.392 e. The predicted molar refractivity (Wildman–Crippen MR) is 106 cm³/mol. The molecule has 0 spiro atoms. The average molecular weight is 375 g/mol. The number of β-amino-alcohol motifs (C(OH)–C–C–N with tert-alkyl or cyclic N) is 1. The number of rotatable bonds is 6. The van der Waals surface area contributed by atoms with Crippen molar-refractivity contribution in [3.8, 4) is 6.07 Å². The smallest absolute Gasteiger partial charge is 0.231 e. The molecule has 5 heteroatoms. The Hall–Kier alpha value is -2.68. The molecule has 1 aliphatic heterocycles. The molecule has 2 aliphatic rings. The van der Waals surface area contributed by atoms with E-state index in [1.165, 1.54) is 0 Å². The summed E-state index contributed by atoms with van der Waals surface area (Å²) >= 11 is 0. The molecule has 2 aromatic rings. The maximum Gasteiger partial charge on any atom is 0.231 e. The number of amides is 1. The van der Waals surface area contributed by atoms with E-state index in [1.807, 2.05) is 48.5 Å². The Labute approximate surface area is 165 Å². The Morgan fingerprint density at radius 3 is 2.68 bits per heavy atom. The second-order valence-electron chi connectivity index (χ2n) is 7.91. The molecule has 1 saturated carbocycles.